The van der Waals surface area contributed by atoms with E-state index in [0.717, 1.165) is 18.6 Å². The van der Waals surface area contributed by atoms with E-state index >= 15 is 0 Å². The number of aromatic nitrogens is 1. The summed E-state index contributed by atoms with van der Waals surface area (Å²) in [6.45, 7) is 6.63. The van der Waals surface area contributed by atoms with Crippen LogP contribution in [0.2, 0.25) is 0 Å². The maximum atomic E-state index is 6.02. The van der Waals surface area contributed by atoms with Crippen molar-refractivity contribution in [1.82, 2.24) is 9.88 Å². The topological polar surface area (TPSA) is 42.1 Å². The Bertz CT molecular complexity index is 530. The van der Waals surface area contributed by atoms with E-state index in [0.29, 0.717) is 18.0 Å². The number of hydrogen-bond acceptors (Lipinski definition) is 4. The zero-order chi connectivity index (χ0) is 13.4. The Morgan fingerprint density at radius 1 is 1.37 bits per heavy atom. The van der Waals surface area contributed by atoms with Gasteiger partial charge in [-0.15, -0.1) is 11.3 Å². The van der Waals surface area contributed by atoms with Gasteiger partial charge in [0.1, 0.15) is 5.01 Å². The summed E-state index contributed by atoms with van der Waals surface area (Å²) in [7, 11) is 0. The third-order valence-electron chi connectivity index (χ3n) is 4.22. The van der Waals surface area contributed by atoms with Gasteiger partial charge in [0.15, 0.2) is 0 Å². The quantitative estimate of drug-likeness (QED) is 0.936. The smallest absolute Gasteiger partial charge is 0.111 e. The molecule has 102 valence electrons. The van der Waals surface area contributed by atoms with Gasteiger partial charge in [0.2, 0.25) is 0 Å². The van der Waals surface area contributed by atoms with Crippen LogP contribution in [-0.2, 0) is 0 Å². The van der Waals surface area contributed by atoms with Crippen LogP contribution in [-0.4, -0.2) is 29.0 Å². The molecule has 19 heavy (non-hydrogen) atoms. The van der Waals surface area contributed by atoms with Gasteiger partial charge in [-0.05, 0) is 44.9 Å². The Kier molecular flexibility index (Phi) is 3.56. The molecule has 1 aliphatic heterocycles. The van der Waals surface area contributed by atoms with Crippen LogP contribution in [0.1, 0.15) is 31.3 Å². The molecular weight excluding hydrogens is 254 g/mol. The molecule has 0 bridgehead atoms. The van der Waals surface area contributed by atoms with Gasteiger partial charge >= 0.3 is 0 Å². The zero-order valence-corrected chi connectivity index (χ0v) is 12.4. The van der Waals surface area contributed by atoms with Crippen LogP contribution in [0.5, 0.6) is 0 Å². The second kappa shape index (κ2) is 5.19. The molecule has 1 fully saturated rings. The summed E-state index contributed by atoms with van der Waals surface area (Å²) >= 11 is 1.82. The fourth-order valence-electron chi connectivity index (χ4n) is 2.82. The maximum Gasteiger partial charge on any atom is 0.111 e. The van der Waals surface area contributed by atoms with E-state index in [-0.39, 0.29) is 0 Å². The standard InChI is InChI=1S/C15H21N3S/c1-10(16)12-7-8-18(9-12)11(2)15-17-13-5-3-4-6-14(13)19-15/h3-6,10-12H,7-9,16H2,1-2H3. The first kappa shape index (κ1) is 13.0. The molecule has 2 N–H and O–H groups in total. The maximum absolute atomic E-state index is 6.02. The highest BCUT2D eigenvalue weighted by Crippen LogP contribution is 2.32. The van der Waals surface area contributed by atoms with Gasteiger partial charge in [-0.2, -0.15) is 0 Å². The number of nitrogens with two attached hydrogens (primary N) is 1. The van der Waals surface area contributed by atoms with E-state index in [1.54, 1.807) is 0 Å². The van der Waals surface area contributed by atoms with Gasteiger partial charge in [0.05, 0.1) is 16.3 Å². The minimum atomic E-state index is 0.299. The molecule has 1 aromatic heterocycles. The van der Waals surface area contributed by atoms with E-state index in [9.17, 15) is 0 Å². The minimum absolute atomic E-state index is 0.299. The SMILES string of the molecule is CC(N)C1CCN(C(C)c2nc3ccccc3s2)C1. The largest absolute Gasteiger partial charge is 0.328 e. The number of hydrogen-bond donors (Lipinski definition) is 1. The van der Waals surface area contributed by atoms with Gasteiger partial charge in [-0.25, -0.2) is 4.98 Å². The van der Waals surface area contributed by atoms with E-state index in [4.69, 9.17) is 10.7 Å². The van der Waals surface area contributed by atoms with Crippen molar-refractivity contribution < 1.29 is 0 Å². The first-order valence-corrected chi connectivity index (χ1v) is 7.82. The van der Waals surface area contributed by atoms with Crippen LogP contribution in [0.4, 0.5) is 0 Å². The molecule has 1 saturated heterocycles. The van der Waals surface area contributed by atoms with Crippen LogP contribution in [0.15, 0.2) is 24.3 Å². The summed E-state index contributed by atoms with van der Waals surface area (Å²) in [5, 5.41) is 1.23. The Balaban J connectivity index is 1.78. The Morgan fingerprint density at radius 3 is 2.84 bits per heavy atom. The van der Waals surface area contributed by atoms with E-state index in [1.165, 1.54) is 16.1 Å². The molecule has 3 atom stereocenters. The molecule has 4 heteroatoms. The molecule has 2 aromatic rings. The fraction of sp³-hybridized carbons (Fsp3) is 0.533. The molecule has 0 radical (unpaired) electrons. The number of para-hydroxylation sites is 1. The molecular formula is C15H21N3S. The van der Waals surface area contributed by atoms with Gasteiger partial charge in [0.25, 0.3) is 0 Å². The second-order valence-electron chi connectivity index (χ2n) is 5.60. The molecule has 3 nitrogen and oxygen atoms in total. The highest BCUT2D eigenvalue weighted by atomic mass is 32.1. The van der Waals surface area contributed by atoms with Crippen LogP contribution >= 0.6 is 11.3 Å². The lowest BCUT2D eigenvalue weighted by Crippen LogP contribution is -2.30. The van der Waals surface area contributed by atoms with Crippen molar-refractivity contribution in [3.63, 3.8) is 0 Å². The number of likely N-dealkylation sites (tertiary alicyclic amines) is 1. The number of thiazole rings is 1. The first-order chi connectivity index (χ1) is 9.15. The van der Waals surface area contributed by atoms with Gasteiger partial charge < -0.3 is 5.73 Å². The summed E-state index contributed by atoms with van der Waals surface area (Å²) < 4.78 is 1.28. The Labute approximate surface area is 118 Å². The van der Waals surface area contributed by atoms with Crippen LogP contribution in [0.25, 0.3) is 10.2 Å². The number of rotatable bonds is 3. The minimum Gasteiger partial charge on any atom is -0.328 e. The zero-order valence-electron chi connectivity index (χ0n) is 11.5. The molecule has 1 aromatic carbocycles. The van der Waals surface area contributed by atoms with Gasteiger partial charge in [0, 0.05) is 12.6 Å². The van der Waals surface area contributed by atoms with E-state index in [2.05, 4.69) is 43.0 Å². The van der Waals surface area contributed by atoms with Crippen LogP contribution < -0.4 is 5.73 Å². The monoisotopic (exact) mass is 275 g/mol. The van der Waals surface area contributed by atoms with Crippen molar-refractivity contribution in [2.24, 2.45) is 11.7 Å². The summed E-state index contributed by atoms with van der Waals surface area (Å²) in [5.74, 6) is 0.636. The van der Waals surface area contributed by atoms with Gasteiger partial charge in [-0.3, -0.25) is 4.90 Å². The second-order valence-corrected chi connectivity index (χ2v) is 6.66. The van der Waals surface area contributed by atoms with Crippen molar-refractivity contribution >= 4 is 21.6 Å². The number of fused-ring (bicyclic) bond motifs is 1. The van der Waals surface area contributed by atoms with Gasteiger partial charge in [-0.1, -0.05) is 12.1 Å². The molecule has 0 aliphatic carbocycles. The molecule has 3 rings (SSSR count). The molecule has 0 saturated carbocycles. The van der Waals surface area contributed by atoms with Crippen molar-refractivity contribution in [3.8, 4) is 0 Å². The Morgan fingerprint density at radius 2 is 2.16 bits per heavy atom. The average molecular weight is 275 g/mol. The lowest BCUT2D eigenvalue weighted by molar-refractivity contribution is 0.248. The molecule has 2 heterocycles. The first-order valence-electron chi connectivity index (χ1n) is 7.00. The van der Waals surface area contributed by atoms with Crippen LogP contribution in [0.3, 0.4) is 0 Å². The summed E-state index contributed by atoms with van der Waals surface area (Å²) in [6, 6.07) is 9.08. The van der Waals surface area contributed by atoms with Crippen molar-refractivity contribution in [2.75, 3.05) is 13.1 Å². The molecule has 3 unspecified atom stereocenters. The predicted molar refractivity (Wildman–Crippen MR) is 81.4 cm³/mol. The fourth-order valence-corrected chi connectivity index (χ4v) is 3.88. The molecule has 1 aliphatic rings. The van der Waals surface area contributed by atoms with E-state index in [1.807, 2.05) is 11.3 Å². The van der Waals surface area contributed by atoms with Crippen molar-refractivity contribution in [2.45, 2.75) is 32.4 Å². The highest BCUT2D eigenvalue weighted by molar-refractivity contribution is 7.18. The number of nitrogens with zero attached hydrogens (tertiary/aromatic N) is 2. The third kappa shape index (κ3) is 2.53. The van der Waals surface area contributed by atoms with Crippen LogP contribution in [0, 0.1) is 5.92 Å². The average Bonchev–Trinajstić information content (AvgIpc) is 3.04. The summed E-state index contributed by atoms with van der Waals surface area (Å²) in [4.78, 5) is 7.29. The predicted octanol–water partition coefficient (Wildman–Crippen LogP) is 3.03. The molecule has 0 amide bonds. The normalized spacial score (nSPS) is 23.8. The third-order valence-corrected chi connectivity index (χ3v) is 5.42. The molecule has 0 spiro atoms. The van der Waals surface area contributed by atoms with E-state index < -0.39 is 0 Å². The lowest BCUT2D eigenvalue weighted by atomic mass is 10.0. The summed E-state index contributed by atoms with van der Waals surface area (Å²) in [5.41, 5.74) is 7.14. The van der Waals surface area contributed by atoms with Crippen molar-refractivity contribution in [1.29, 1.82) is 0 Å². The lowest BCUT2D eigenvalue weighted by Gasteiger charge is -2.23. The highest BCUT2D eigenvalue weighted by Gasteiger charge is 2.29. The summed E-state index contributed by atoms with van der Waals surface area (Å²) in [6.07, 6.45) is 1.22. The Hall–Kier alpha value is -0.970. The van der Waals surface area contributed by atoms with Crippen molar-refractivity contribution in [3.05, 3.63) is 29.3 Å². The number of benzene rings is 1.